The molecule has 0 radical (unpaired) electrons. The largest absolute Gasteiger partial charge is 0.353 e. The number of rotatable bonds is 3. The summed E-state index contributed by atoms with van der Waals surface area (Å²) in [5.41, 5.74) is 0.852. The van der Waals surface area contributed by atoms with Crippen LogP contribution in [-0.4, -0.2) is 11.9 Å². The molecule has 0 aromatic heterocycles. The van der Waals surface area contributed by atoms with E-state index in [2.05, 4.69) is 5.32 Å². The van der Waals surface area contributed by atoms with Crippen molar-refractivity contribution in [2.45, 2.75) is 25.3 Å². The zero-order valence-corrected chi connectivity index (χ0v) is 9.61. The monoisotopic (exact) mass is 243 g/mol. The van der Waals surface area contributed by atoms with Crippen molar-refractivity contribution in [3.8, 4) is 0 Å². The first kappa shape index (κ1) is 10.8. The van der Waals surface area contributed by atoms with Crippen molar-refractivity contribution in [3.05, 3.63) is 33.8 Å². The fraction of sp³-hybridized carbons (Fsp3) is 0.364. The molecule has 1 aromatic rings. The van der Waals surface area contributed by atoms with Gasteiger partial charge in [0.05, 0.1) is 6.42 Å². The minimum atomic E-state index is 0.0378. The molecular weight excluding hydrogens is 233 g/mol. The minimum Gasteiger partial charge on any atom is -0.353 e. The molecule has 1 saturated carbocycles. The average molecular weight is 244 g/mol. The quantitative estimate of drug-likeness (QED) is 0.870. The van der Waals surface area contributed by atoms with E-state index in [1.165, 1.54) is 0 Å². The van der Waals surface area contributed by atoms with E-state index in [0.29, 0.717) is 22.5 Å². The number of halogens is 2. The van der Waals surface area contributed by atoms with E-state index in [9.17, 15) is 4.79 Å². The van der Waals surface area contributed by atoms with Gasteiger partial charge in [0.15, 0.2) is 0 Å². The lowest BCUT2D eigenvalue weighted by Crippen LogP contribution is -2.26. The Morgan fingerprint density at radius 1 is 1.27 bits per heavy atom. The lowest BCUT2D eigenvalue weighted by molar-refractivity contribution is -0.120. The molecule has 4 heteroatoms. The summed E-state index contributed by atoms with van der Waals surface area (Å²) in [5.74, 6) is 0.0378. The van der Waals surface area contributed by atoms with Crippen LogP contribution in [0.25, 0.3) is 0 Å². The Kier molecular flexibility index (Phi) is 3.17. The molecule has 15 heavy (non-hydrogen) atoms. The van der Waals surface area contributed by atoms with Crippen LogP contribution >= 0.6 is 23.2 Å². The molecular formula is C11H11Cl2NO. The van der Waals surface area contributed by atoms with Gasteiger partial charge in [0, 0.05) is 16.1 Å². The van der Waals surface area contributed by atoms with Crippen molar-refractivity contribution in [1.29, 1.82) is 0 Å². The summed E-state index contributed by atoms with van der Waals surface area (Å²) in [5, 5.41) is 4.05. The Hall–Kier alpha value is -0.730. The Bertz CT molecular complexity index is 368. The van der Waals surface area contributed by atoms with Gasteiger partial charge >= 0.3 is 0 Å². The van der Waals surface area contributed by atoms with Gasteiger partial charge < -0.3 is 5.32 Å². The van der Waals surface area contributed by atoms with Gasteiger partial charge in [-0.1, -0.05) is 23.2 Å². The van der Waals surface area contributed by atoms with Crippen LogP contribution in [0.5, 0.6) is 0 Å². The van der Waals surface area contributed by atoms with Gasteiger partial charge in [0.25, 0.3) is 0 Å². The second-order valence-corrected chi connectivity index (χ2v) is 4.67. The third kappa shape index (κ3) is 3.40. The highest BCUT2D eigenvalue weighted by molar-refractivity contribution is 6.34. The first-order valence-electron chi connectivity index (χ1n) is 4.88. The summed E-state index contributed by atoms with van der Waals surface area (Å²) >= 11 is 11.7. The third-order valence-corrected chi connectivity index (χ3v) is 2.67. The van der Waals surface area contributed by atoms with Crippen LogP contribution in [0.4, 0.5) is 0 Å². The SMILES string of the molecule is O=C(Cc1cc(Cl)cc(Cl)c1)NC1CC1. The van der Waals surface area contributed by atoms with Gasteiger partial charge in [0.2, 0.25) is 5.91 Å². The summed E-state index contributed by atoms with van der Waals surface area (Å²) in [6, 6.07) is 5.58. The van der Waals surface area contributed by atoms with Gasteiger partial charge in [-0.05, 0) is 36.6 Å². The van der Waals surface area contributed by atoms with E-state index in [-0.39, 0.29) is 5.91 Å². The number of amides is 1. The Labute approximate surface area is 98.6 Å². The maximum atomic E-state index is 11.5. The minimum absolute atomic E-state index is 0.0378. The van der Waals surface area contributed by atoms with E-state index < -0.39 is 0 Å². The number of benzene rings is 1. The molecule has 0 bridgehead atoms. The molecule has 1 amide bonds. The van der Waals surface area contributed by atoms with E-state index in [4.69, 9.17) is 23.2 Å². The Morgan fingerprint density at radius 2 is 1.87 bits per heavy atom. The summed E-state index contributed by atoms with van der Waals surface area (Å²) in [4.78, 5) is 11.5. The molecule has 2 nitrogen and oxygen atoms in total. The molecule has 1 aromatic carbocycles. The van der Waals surface area contributed by atoms with Crippen LogP contribution in [0, 0.1) is 0 Å². The molecule has 1 aliphatic rings. The lowest BCUT2D eigenvalue weighted by Gasteiger charge is -2.04. The van der Waals surface area contributed by atoms with Crippen molar-refractivity contribution in [2.75, 3.05) is 0 Å². The van der Waals surface area contributed by atoms with Gasteiger partial charge in [-0.3, -0.25) is 4.79 Å². The predicted octanol–water partition coefficient (Wildman–Crippen LogP) is 2.81. The van der Waals surface area contributed by atoms with Gasteiger partial charge in [-0.15, -0.1) is 0 Å². The molecule has 0 unspecified atom stereocenters. The summed E-state index contributed by atoms with van der Waals surface area (Å²) in [6.45, 7) is 0. The fourth-order valence-corrected chi connectivity index (χ4v) is 1.98. The number of nitrogens with one attached hydrogen (secondary N) is 1. The highest BCUT2D eigenvalue weighted by atomic mass is 35.5. The standard InChI is InChI=1S/C11H11Cl2NO/c12-8-3-7(4-9(13)6-8)5-11(15)14-10-1-2-10/h3-4,6,10H,1-2,5H2,(H,14,15). The van der Waals surface area contributed by atoms with Crippen LogP contribution in [-0.2, 0) is 11.2 Å². The van der Waals surface area contributed by atoms with E-state index in [0.717, 1.165) is 18.4 Å². The highest BCUT2D eigenvalue weighted by Crippen LogP contribution is 2.21. The van der Waals surface area contributed by atoms with Crippen molar-refractivity contribution in [1.82, 2.24) is 5.32 Å². The second kappa shape index (κ2) is 4.42. The normalized spacial score (nSPS) is 15.1. The number of hydrogen-bond donors (Lipinski definition) is 1. The molecule has 0 spiro atoms. The van der Waals surface area contributed by atoms with Gasteiger partial charge in [-0.2, -0.15) is 0 Å². The first-order chi connectivity index (χ1) is 7.13. The maximum absolute atomic E-state index is 11.5. The maximum Gasteiger partial charge on any atom is 0.224 e. The molecule has 1 fully saturated rings. The fourth-order valence-electron chi connectivity index (χ4n) is 1.40. The highest BCUT2D eigenvalue weighted by Gasteiger charge is 2.23. The zero-order valence-electron chi connectivity index (χ0n) is 8.09. The molecule has 0 aliphatic heterocycles. The first-order valence-corrected chi connectivity index (χ1v) is 5.63. The van der Waals surface area contributed by atoms with Gasteiger partial charge in [-0.25, -0.2) is 0 Å². The summed E-state index contributed by atoms with van der Waals surface area (Å²) in [7, 11) is 0. The zero-order chi connectivity index (χ0) is 10.8. The molecule has 1 aliphatic carbocycles. The predicted molar refractivity (Wildman–Crippen MR) is 61.3 cm³/mol. The Balaban J connectivity index is 1.99. The second-order valence-electron chi connectivity index (χ2n) is 3.80. The van der Waals surface area contributed by atoms with E-state index in [1.54, 1.807) is 18.2 Å². The molecule has 0 atom stereocenters. The van der Waals surface area contributed by atoms with Crippen LogP contribution in [0.3, 0.4) is 0 Å². The number of carbonyl (C=O) groups excluding carboxylic acids is 1. The number of carbonyl (C=O) groups is 1. The van der Waals surface area contributed by atoms with Crippen molar-refractivity contribution < 1.29 is 4.79 Å². The van der Waals surface area contributed by atoms with Gasteiger partial charge in [0.1, 0.15) is 0 Å². The van der Waals surface area contributed by atoms with Crippen LogP contribution in [0.2, 0.25) is 10.0 Å². The van der Waals surface area contributed by atoms with Crippen LogP contribution < -0.4 is 5.32 Å². The molecule has 1 N–H and O–H groups in total. The van der Waals surface area contributed by atoms with Crippen LogP contribution in [0.15, 0.2) is 18.2 Å². The van der Waals surface area contributed by atoms with Crippen LogP contribution in [0.1, 0.15) is 18.4 Å². The summed E-state index contributed by atoms with van der Waals surface area (Å²) in [6.07, 6.45) is 2.54. The topological polar surface area (TPSA) is 29.1 Å². The van der Waals surface area contributed by atoms with Crippen molar-refractivity contribution in [3.63, 3.8) is 0 Å². The van der Waals surface area contributed by atoms with E-state index >= 15 is 0 Å². The smallest absolute Gasteiger partial charge is 0.224 e. The lowest BCUT2D eigenvalue weighted by atomic mass is 10.1. The molecule has 80 valence electrons. The number of hydrogen-bond acceptors (Lipinski definition) is 1. The van der Waals surface area contributed by atoms with Crippen molar-refractivity contribution >= 4 is 29.1 Å². The molecule has 0 saturated heterocycles. The summed E-state index contributed by atoms with van der Waals surface area (Å²) < 4.78 is 0. The molecule has 0 heterocycles. The Morgan fingerprint density at radius 3 is 2.40 bits per heavy atom. The average Bonchev–Trinajstić information content (AvgIpc) is 2.85. The van der Waals surface area contributed by atoms with Crippen molar-refractivity contribution in [2.24, 2.45) is 0 Å². The third-order valence-electron chi connectivity index (χ3n) is 2.23. The molecule has 2 rings (SSSR count). The van der Waals surface area contributed by atoms with E-state index in [1.807, 2.05) is 0 Å².